The fraction of sp³-hybridized carbons (Fsp3) is 0.444. The van der Waals surface area contributed by atoms with Crippen LogP contribution >= 0.6 is 12.6 Å². The molecule has 0 saturated carbocycles. The zero-order valence-electron chi connectivity index (χ0n) is 7.20. The van der Waals surface area contributed by atoms with E-state index >= 15 is 0 Å². The normalized spacial score (nSPS) is 12.8. The Morgan fingerprint density at radius 1 is 1.58 bits per heavy atom. The summed E-state index contributed by atoms with van der Waals surface area (Å²) in [6.45, 7) is 2.95. The van der Waals surface area contributed by atoms with Gasteiger partial charge in [0, 0.05) is 30.2 Å². The van der Waals surface area contributed by atoms with Crippen LogP contribution in [0.25, 0.3) is 0 Å². The van der Waals surface area contributed by atoms with E-state index in [1.807, 2.05) is 31.3 Å². The van der Waals surface area contributed by atoms with E-state index in [0.717, 1.165) is 18.7 Å². The number of hydrogen-bond donors (Lipinski definition) is 2. The van der Waals surface area contributed by atoms with Crippen molar-refractivity contribution in [3.63, 3.8) is 0 Å². The van der Waals surface area contributed by atoms with Gasteiger partial charge in [0.1, 0.15) is 0 Å². The standard InChI is InChI=1S/C9H14N2S/c1-8(12)10-7-5-9-4-2-3-6-11-9/h2-4,6,8,10,12H,5,7H2,1H3. The Morgan fingerprint density at radius 3 is 3.00 bits per heavy atom. The predicted octanol–water partition coefficient (Wildman–Crippen LogP) is 1.49. The van der Waals surface area contributed by atoms with Crippen molar-refractivity contribution < 1.29 is 0 Å². The molecule has 1 aromatic heterocycles. The van der Waals surface area contributed by atoms with Gasteiger partial charge in [-0.3, -0.25) is 4.98 Å². The van der Waals surface area contributed by atoms with Gasteiger partial charge in [-0.2, -0.15) is 12.6 Å². The molecule has 0 aliphatic heterocycles. The number of rotatable bonds is 4. The highest BCUT2D eigenvalue weighted by Gasteiger charge is 1.94. The highest BCUT2D eigenvalue weighted by atomic mass is 32.1. The average Bonchev–Trinajstić information content (AvgIpc) is 2.05. The molecule has 0 aliphatic carbocycles. The second-order valence-electron chi connectivity index (χ2n) is 2.70. The number of hydrogen-bond acceptors (Lipinski definition) is 3. The van der Waals surface area contributed by atoms with Crippen LogP contribution in [0.3, 0.4) is 0 Å². The summed E-state index contributed by atoms with van der Waals surface area (Å²) >= 11 is 4.21. The lowest BCUT2D eigenvalue weighted by Gasteiger charge is -2.05. The van der Waals surface area contributed by atoms with Gasteiger partial charge >= 0.3 is 0 Å². The number of nitrogens with zero attached hydrogens (tertiary/aromatic N) is 1. The van der Waals surface area contributed by atoms with Crippen LogP contribution < -0.4 is 5.32 Å². The Hall–Kier alpha value is -0.540. The Morgan fingerprint density at radius 2 is 2.42 bits per heavy atom. The largest absolute Gasteiger partial charge is 0.305 e. The summed E-state index contributed by atoms with van der Waals surface area (Å²) < 4.78 is 0. The fourth-order valence-corrected chi connectivity index (χ4v) is 1.08. The minimum Gasteiger partial charge on any atom is -0.305 e. The number of thiol groups is 1. The predicted molar refractivity (Wildman–Crippen MR) is 54.4 cm³/mol. The van der Waals surface area contributed by atoms with Gasteiger partial charge < -0.3 is 5.32 Å². The van der Waals surface area contributed by atoms with E-state index in [1.54, 1.807) is 0 Å². The maximum Gasteiger partial charge on any atom is 0.0473 e. The highest BCUT2D eigenvalue weighted by Crippen LogP contribution is 1.94. The van der Waals surface area contributed by atoms with Gasteiger partial charge in [0.2, 0.25) is 0 Å². The molecule has 1 aromatic rings. The molecule has 0 saturated heterocycles. The summed E-state index contributed by atoms with van der Waals surface area (Å²) in [6.07, 6.45) is 2.78. The van der Waals surface area contributed by atoms with Crippen molar-refractivity contribution >= 4 is 12.6 Å². The van der Waals surface area contributed by atoms with Crippen LogP contribution in [0.1, 0.15) is 12.6 Å². The third kappa shape index (κ3) is 3.74. The Kier molecular flexibility index (Phi) is 4.11. The van der Waals surface area contributed by atoms with Gasteiger partial charge in [-0.15, -0.1) is 0 Å². The van der Waals surface area contributed by atoms with E-state index in [9.17, 15) is 0 Å². The van der Waals surface area contributed by atoms with Gasteiger partial charge in [-0.25, -0.2) is 0 Å². The monoisotopic (exact) mass is 182 g/mol. The number of aromatic nitrogens is 1. The third-order valence-electron chi connectivity index (χ3n) is 1.55. The molecule has 1 heterocycles. The van der Waals surface area contributed by atoms with E-state index in [-0.39, 0.29) is 5.37 Å². The second-order valence-corrected chi connectivity index (χ2v) is 3.48. The Bertz CT molecular complexity index is 211. The van der Waals surface area contributed by atoms with Crippen LogP contribution in [0.5, 0.6) is 0 Å². The van der Waals surface area contributed by atoms with Crippen LogP contribution in [0.2, 0.25) is 0 Å². The number of nitrogens with one attached hydrogen (secondary N) is 1. The Labute approximate surface area is 78.8 Å². The summed E-state index contributed by atoms with van der Waals surface area (Å²) in [5.41, 5.74) is 1.12. The SMILES string of the molecule is CC(S)NCCc1ccccn1. The minimum atomic E-state index is 0.258. The van der Waals surface area contributed by atoms with Crippen LogP contribution in [0.15, 0.2) is 24.4 Å². The van der Waals surface area contributed by atoms with Crippen molar-refractivity contribution in [2.75, 3.05) is 6.54 Å². The summed E-state index contributed by atoms with van der Waals surface area (Å²) in [4.78, 5) is 4.21. The lowest BCUT2D eigenvalue weighted by Crippen LogP contribution is -2.23. The summed E-state index contributed by atoms with van der Waals surface area (Å²) in [7, 11) is 0. The first kappa shape index (κ1) is 9.55. The zero-order valence-corrected chi connectivity index (χ0v) is 8.09. The molecular formula is C9H14N2S. The maximum atomic E-state index is 4.21. The van der Waals surface area contributed by atoms with Crippen molar-refractivity contribution in [3.05, 3.63) is 30.1 Å². The molecule has 66 valence electrons. The lowest BCUT2D eigenvalue weighted by atomic mass is 10.3. The van der Waals surface area contributed by atoms with Crippen LogP contribution in [-0.2, 0) is 6.42 Å². The highest BCUT2D eigenvalue weighted by molar-refractivity contribution is 7.80. The molecule has 1 rings (SSSR count). The first-order valence-corrected chi connectivity index (χ1v) is 4.62. The molecule has 0 spiro atoms. The van der Waals surface area contributed by atoms with Gasteiger partial charge in [0.15, 0.2) is 0 Å². The molecule has 0 fully saturated rings. The van der Waals surface area contributed by atoms with Gasteiger partial charge in [-0.1, -0.05) is 6.07 Å². The van der Waals surface area contributed by atoms with Crippen LogP contribution in [0, 0.1) is 0 Å². The van der Waals surface area contributed by atoms with Crippen LogP contribution in [0.4, 0.5) is 0 Å². The molecule has 0 aromatic carbocycles. The third-order valence-corrected chi connectivity index (χ3v) is 1.73. The first-order chi connectivity index (χ1) is 5.79. The number of pyridine rings is 1. The van der Waals surface area contributed by atoms with Gasteiger partial charge in [0.25, 0.3) is 0 Å². The topological polar surface area (TPSA) is 24.9 Å². The summed E-state index contributed by atoms with van der Waals surface area (Å²) in [5, 5.41) is 3.48. The van der Waals surface area contributed by atoms with Crippen molar-refractivity contribution in [2.24, 2.45) is 0 Å². The van der Waals surface area contributed by atoms with E-state index in [4.69, 9.17) is 0 Å². The summed E-state index contributed by atoms with van der Waals surface area (Å²) in [6, 6.07) is 5.97. The fourth-order valence-electron chi connectivity index (χ4n) is 0.955. The lowest BCUT2D eigenvalue weighted by molar-refractivity contribution is 0.678. The van der Waals surface area contributed by atoms with Crippen molar-refractivity contribution in [1.29, 1.82) is 0 Å². The van der Waals surface area contributed by atoms with Crippen molar-refractivity contribution in [2.45, 2.75) is 18.7 Å². The molecule has 2 nitrogen and oxygen atoms in total. The molecular weight excluding hydrogens is 168 g/mol. The van der Waals surface area contributed by atoms with Crippen LogP contribution in [-0.4, -0.2) is 16.9 Å². The molecule has 12 heavy (non-hydrogen) atoms. The molecule has 0 bridgehead atoms. The molecule has 1 unspecified atom stereocenters. The zero-order chi connectivity index (χ0) is 8.81. The Balaban J connectivity index is 2.25. The van der Waals surface area contributed by atoms with E-state index in [1.165, 1.54) is 0 Å². The average molecular weight is 182 g/mol. The maximum absolute atomic E-state index is 4.21. The molecule has 1 N–H and O–H groups in total. The molecule has 0 aliphatic rings. The van der Waals surface area contributed by atoms with E-state index in [0.29, 0.717) is 0 Å². The molecule has 0 amide bonds. The van der Waals surface area contributed by atoms with Crippen molar-refractivity contribution in [1.82, 2.24) is 10.3 Å². The van der Waals surface area contributed by atoms with Gasteiger partial charge in [-0.05, 0) is 19.1 Å². The molecule has 1 atom stereocenters. The minimum absolute atomic E-state index is 0.258. The molecule has 0 radical (unpaired) electrons. The first-order valence-electron chi connectivity index (χ1n) is 4.10. The quantitative estimate of drug-likeness (QED) is 0.545. The second kappa shape index (κ2) is 5.17. The molecule has 3 heteroatoms. The van der Waals surface area contributed by atoms with E-state index < -0.39 is 0 Å². The smallest absolute Gasteiger partial charge is 0.0473 e. The van der Waals surface area contributed by atoms with Gasteiger partial charge in [0.05, 0.1) is 0 Å². The summed E-state index contributed by atoms with van der Waals surface area (Å²) in [5.74, 6) is 0. The van der Waals surface area contributed by atoms with Crippen molar-refractivity contribution in [3.8, 4) is 0 Å². The van der Waals surface area contributed by atoms with E-state index in [2.05, 4.69) is 22.9 Å².